The molecule has 2 fully saturated rings. The van der Waals surface area contributed by atoms with Gasteiger partial charge in [0.1, 0.15) is 48.8 Å². The fourth-order valence-electron chi connectivity index (χ4n) is 10.0. The normalized spacial score (nSPS) is 25.5. The van der Waals surface area contributed by atoms with Crippen LogP contribution in [0.25, 0.3) is 0 Å². The molecule has 2 aliphatic heterocycles. The van der Waals surface area contributed by atoms with E-state index in [0.29, 0.717) is 12.8 Å². The summed E-state index contributed by atoms with van der Waals surface area (Å²) in [5.41, 5.74) is 0. The summed E-state index contributed by atoms with van der Waals surface area (Å²) in [6.45, 7) is 2.82. The number of unbranched alkanes of at least 4 members (excludes halogenated alkanes) is 31. The molecule has 1 amide bonds. The molecule has 2 heterocycles. The van der Waals surface area contributed by atoms with Crippen LogP contribution in [0, 0.1) is 0 Å². The molecule has 14 nitrogen and oxygen atoms in total. The molecule has 0 saturated carbocycles. The lowest BCUT2D eigenvalue weighted by atomic mass is 9.97. The topological polar surface area (TPSA) is 228 Å². The van der Waals surface area contributed by atoms with E-state index in [9.17, 15) is 45.6 Å². The first-order valence-corrected chi connectivity index (χ1v) is 30.1. The zero-order chi connectivity index (χ0) is 53.2. The maximum atomic E-state index is 13.2. The Hall–Kier alpha value is -1.53. The fraction of sp³-hybridized carbons (Fsp3) is 0.915. The Labute approximate surface area is 443 Å². The highest BCUT2D eigenvalue weighted by atomic mass is 16.7. The zero-order valence-corrected chi connectivity index (χ0v) is 46.1. The van der Waals surface area contributed by atoms with Crippen molar-refractivity contribution in [2.24, 2.45) is 0 Å². The number of amides is 1. The van der Waals surface area contributed by atoms with Crippen LogP contribution in [0.3, 0.4) is 0 Å². The van der Waals surface area contributed by atoms with Crippen molar-refractivity contribution >= 4 is 5.91 Å². The third-order valence-corrected chi connectivity index (χ3v) is 14.9. The molecule has 14 heteroatoms. The zero-order valence-electron chi connectivity index (χ0n) is 46.1. The Morgan fingerprint density at radius 3 is 1.37 bits per heavy atom. The molecule has 73 heavy (non-hydrogen) atoms. The van der Waals surface area contributed by atoms with Gasteiger partial charge < -0.3 is 65.1 Å². The lowest BCUT2D eigenvalue weighted by Gasteiger charge is -2.46. The first-order chi connectivity index (χ1) is 35.6. The van der Waals surface area contributed by atoms with Gasteiger partial charge in [-0.2, -0.15) is 0 Å². The lowest BCUT2D eigenvalue weighted by Crippen LogP contribution is -2.65. The van der Waals surface area contributed by atoms with E-state index in [2.05, 4.69) is 43.5 Å². The lowest BCUT2D eigenvalue weighted by molar-refractivity contribution is -0.359. The number of allylic oxidation sites excluding steroid dienone is 4. The molecule has 0 radical (unpaired) electrons. The van der Waals surface area contributed by atoms with E-state index in [4.69, 9.17) is 18.9 Å². The van der Waals surface area contributed by atoms with E-state index in [-0.39, 0.29) is 12.5 Å². The summed E-state index contributed by atoms with van der Waals surface area (Å²) >= 11 is 0. The maximum absolute atomic E-state index is 13.2. The average molecular weight is 1040 g/mol. The molecular weight excluding hydrogens is 931 g/mol. The van der Waals surface area contributed by atoms with Crippen molar-refractivity contribution in [2.75, 3.05) is 19.8 Å². The van der Waals surface area contributed by atoms with Crippen LogP contribution >= 0.6 is 0 Å². The summed E-state index contributed by atoms with van der Waals surface area (Å²) in [7, 11) is 0. The quantitative estimate of drug-likeness (QED) is 0.0204. The molecule has 12 atom stereocenters. The number of aliphatic hydroxyl groups is 8. The van der Waals surface area contributed by atoms with E-state index in [1.54, 1.807) is 0 Å². The van der Waals surface area contributed by atoms with Crippen molar-refractivity contribution in [3.05, 3.63) is 24.3 Å². The summed E-state index contributed by atoms with van der Waals surface area (Å²) in [5, 5.41) is 86.9. The van der Waals surface area contributed by atoms with Gasteiger partial charge >= 0.3 is 0 Å². The van der Waals surface area contributed by atoms with Crippen molar-refractivity contribution in [1.29, 1.82) is 0 Å². The fourth-order valence-corrected chi connectivity index (χ4v) is 10.0. The van der Waals surface area contributed by atoms with Crippen LogP contribution in [0.2, 0.25) is 0 Å². The number of rotatable bonds is 48. The first-order valence-electron chi connectivity index (χ1n) is 30.1. The summed E-state index contributed by atoms with van der Waals surface area (Å²) < 4.78 is 22.7. The highest BCUT2D eigenvalue weighted by Crippen LogP contribution is 2.30. The van der Waals surface area contributed by atoms with Crippen LogP contribution in [0.5, 0.6) is 0 Å². The maximum Gasteiger partial charge on any atom is 0.220 e. The smallest absolute Gasteiger partial charge is 0.220 e. The van der Waals surface area contributed by atoms with Gasteiger partial charge in [0.25, 0.3) is 0 Å². The number of hydrogen-bond acceptors (Lipinski definition) is 13. The highest BCUT2D eigenvalue weighted by molar-refractivity contribution is 5.76. The van der Waals surface area contributed by atoms with Crippen LogP contribution < -0.4 is 5.32 Å². The summed E-state index contributed by atoms with van der Waals surface area (Å²) in [5.74, 6) is -0.207. The van der Waals surface area contributed by atoms with Crippen LogP contribution in [0.1, 0.15) is 251 Å². The molecule has 2 saturated heterocycles. The van der Waals surface area contributed by atoms with Gasteiger partial charge in [0.05, 0.1) is 32.0 Å². The predicted octanol–water partition coefficient (Wildman–Crippen LogP) is 10.1. The molecule has 9 N–H and O–H groups in total. The number of carbonyl (C=O) groups is 1. The van der Waals surface area contributed by atoms with Crippen LogP contribution in [-0.4, -0.2) is 140 Å². The Morgan fingerprint density at radius 1 is 0.493 bits per heavy atom. The summed E-state index contributed by atoms with van der Waals surface area (Å²) in [6, 6.07) is -0.823. The number of hydrogen-bond donors (Lipinski definition) is 9. The van der Waals surface area contributed by atoms with E-state index in [0.717, 1.165) is 57.8 Å². The van der Waals surface area contributed by atoms with Crippen LogP contribution in [-0.2, 0) is 23.7 Å². The van der Waals surface area contributed by atoms with Gasteiger partial charge in [-0.3, -0.25) is 4.79 Å². The van der Waals surface area contributed by atoms with Crippen molar-refractivity contribution in [3.8, 4) is 0 Å². The minimum atomic E-state index is -1.78. The molecule has 12 unspecified atom stereocenters. The number of carbonyl (C=O) groups excluding carboxylic acids is 1. The Balaban J connectivity index is 1.59. The number of ether oxygens (including phenoxy) is 4. The monoisotopic (exact) mass is 1040 g/mol. The third-order valence-electron chi connectivity index (χ3n) is 14.9. The standard InChI is InChI=1S/C59H111NO13/c1-3-5-7-9-11-13-14-15-16-17-18-19-20-21-22-23-24-25-26-27-28-29-30-31-32-33-34-35-37-39-41-43-51(64)60-47(48(63)42-40-38-36-12-10-8-6-4-2)46-70-58-56(69)54(67)57(50(45-62)72-58)73-59-55(68)53(66)52(65)49(44-61)71-59/h14-15,17-18,47-50,52-59,61-63,65-69H,3-13,16,19-46H2,1-2H3,(H,60,64)/b15-14-,18-17-. The van der Waals surface area contributed by atoms with Crippen LogP contribution in [0.15, 0.2) is 24.3 Å². The molecule has 2 aliphatic rings. The highest BCUT2D eigenvalue weighted by Gasteiger charge is 2.51. The van der Waals surface area contributed by atoms with Gasteiger partial charge in [-0.25, -0.2) is 0 Å². The predicted molar refractivity (Wildman–Crippen MR) is 291 cm³/mol. The molecule has 0 aromatic rings. The second kappa shape index (κ2) is 45.5. The van der Waals surface area contributed by atoms with E-state index < -0.39 is 86.8 Å². The second-order valence-corrected chi connectivity index (χ2v) is 21.5. The van der Waals surface area contributed by atoms with Crippen molar-refractivity contribution < 1.29 is 64.6 Å². The first kappa shape index (κ1) is 67.6. The van der Waals surface area contributed by atoms with Gasteiger partial charge in [0.15, 0.2) is 12.6 Å². The van der Waals surface area contributed by atoms with Crippen molar-refractivity contribution in [2.45, 2.75) is 325 Å². The second-order valence-electron chi connectivity index (χ2n) is 21.5. The molecular formula is C59H111NO13. The van der Waals surface area contributed by atoms with Gasteiger partial charge in [0.2, 0.25) is 5.91 Å². The SMILES string of the molecule is CCCCCCC/C=C\C/C=C\CCCCCCCCCCCCCCCCCCCCCC(=O)NC(COC1OC(CO)C(OC2OC(CO)C(O)C(O)C2O)C(O)C1O)C(O)CCCCCCCCCC. The van der Waals surface area contributed by atoms with E-state index in [1.165, 1.54) is 167 Å². The molecule has 0 spiro atoms. The van der Waals surface area contributed by atoms with Gasteiger partial charge in [-0.1, -0.05) is 224 Å². The molecule has 0 bridgehead atoms. The minimum Gasteiger partial charge on any atom is -0.394 e. The Bertz CT molecular complexity index is 1320. The summed E-state index contributed by atoms with van der Waals surface area (Å²) in [4.78, 5) is 13.2. The Kier molecular flexibility index (Phi) is 42.1. The third kappa shape index (κ3) is 31.5. The van der Waals surface area contributed by atoms with Gasteiger partial charge in [-0.05, 0) is 44.9 Å². The molecule has 0 aliphatic carbocycles. The van der Waals surface area contributed by atoms with Gasteiger partial charge in [0, 0.05) is 6.42 Å². The molecule has 0 aromatic heterocycles. The molecule has 0 aromatic carbocycles. The largest absolute Gasteiger partial charge is 0.394 e. The van der Waals surface area contributed by atoms with Gasteiger partial charge in [-0.15, -0.1) is 0 Å². The Morgan fingerprint density at radius 2 is 0.904 bits per heavy atom. The average Bonchev–Trinajstić information content (AvgIpc) is 3.39. The molecule has 430 valence electrons. The summed E-state index contributed by atoms with van der Waals surface area (Å²) in [6.07, 6.45) is 36.6. The number of nitrogens with one attached hydrogen (secondary N) is 1. The number of aliphatic hydroxyl groups excluding tert-OH is 8. The molecule has 2 rings (SSSR count). The van der Waals surface area contributed by atoms with Crippen LogP contribution in [0.4, 0.5) is 0 Å². The van der Waals surface area contributed by atoms with E-state index >= 15 is 0 Å². The van der Waals surface area contributed by atoms with Crippen molar-refractivity contribution in [1.82, 2.24) is 5.32 Å². The minimum absolute atomic E-state index is 0.207. The van der Waals surface area contributed by atoms with E-state index in [1.807, 2.05) is 0 Å². The van der Waals surface area contributed by atoms with Crippen molar-refractivity contribution in [3.63, 3.8) is 0 Å².